The van der Waals surface area contributed by atoms with Crippen LogP contribution < -0.4 is 10.6 Å². The highest BCUT2D eigenvalue weighted by atomic mass is 16.1. The lowest BCUT2D eigenvalue weighted by molar-refractivity contribution is -0.117. The van der Waals surface area contributed by atoms with Crippen molar-refractivity contribution >= 4 is 11.6 Å². The van der Waals surface area contributed by atoms with Crippen molar-refractivity contribution in [3.05, 3.63) is 76.5 Å². The molecule has 1 aliphatic rings. The summed E-state index contributed by atoms with van der Waals surface area (Å²) >= 11 is 0. The quantitative estimate of drug-likeness (QED) is 0.612. The number of nitriles is 2. The molecule has 0 spiro atoms. The van der Waals surface area contributed by atoms with Crippen LogP contribution in [0.2, 0.25) is 0 Å². The molecule has 3 rings (SSSR count). The highest BCUT2D eigenvalue weighted by Crippen LogP contribution is 2.25. The molecule has 5 nitrogen and oxygen atoms in total. The summed E-state index contributed by atoms with van der Waals surface area (Å²) in [6, 6.07) is 16.9. The summed E-state index contributed by atoms with van der Waals surface area (Å²) in [7, 11) is 0. The maximum Gasteiger partial charge on any atom is 0.263 e. The molecule has 0 radical (unpaired) electrons. The smallest absolute Gasteiger partial charge is 0.263 e. The second-order valence-electron chi connectivity index (χ2n) is 6.93. The number of aryl methyl sites for hydroxylation is 2. The fraction of sp³-hybridized carbons (Fsp3) is 0.261. The lowest BCUT2D eigenvalue weighted by atomic mass is 9.89. The molecule has 28 heavy (non-hydrogen) atoms. The number of benzene rings is 2. The average molecular weight is 370 g/mol. The van der Waals surface area contributed by atoms with Crippen LogP contribution in [0.3, 0.4) is 0 Å². The van der Waals surface area contributed by atoms with Crippen molar-refractivity contribution in [2.24, 2.45) is 0 Å². The number of nitrogens with zero attached hydrogens (tertiary/aromatic N) is 2. The van der Waals surface area contributed by atoms with Crippen LogP contribution in [0.1, 0.15) is 48.1 Å². The zero-order chi connectivity index (χ0) is 19.9. The van der Waals surface area contributed by atoms with Crippen LogP contribution >= 0.6 is 0 Å². The van der Waals surface area contributed by atoms with Crippen LogP contribution in [-0.4, -0.2) is 5.91 Å². The van der Waals surface area contributed by atoms with Crippen LogP contribution in [0, 0.1) is 22.7 Å². The van der Waals surface area contributed by atoms with Gasteiger partial charge in [0.05, 0.1) is 17.7 Å². The van der Waals surface area contributed by atoms with E-state index in [9.17, 15) is 10.1 Å². The molecule has 0 heterocycles. The number of anilines is 1. The molecule has 0 aliphatic heterocycles. The van der Waals surface area contributed by atoms with E-state index in [1.54, 1.807) is 24.3 Å². The third-order valence-corrected chi connectivity index (χ3v) is 4.98. The van der Waals surface area contributed by atoms with Crippen molar-refractivity contribution in [3.8, 4) is 12.1 Å². The summed E-state index contributed by atoms with van der Waals surface area (Å²) in [5.41, 5.74) is 5.05. The van der Waals surface area contributed by atoms with Crippen LogP contribution in [0.25, 0.3) is 0 Å². The molecular formula is C23H22N4O. The molecule has 0 aromatic heterocycles. The van der Waals surface area contributed by atoms with Gasteiger partial charge in [-0.2, -0.15) is 10.5 Å². The average Bonchev–Trinajstić information content (AvgIpc) is 2.74. The van der Waals surface area contributed by atoms with E-state index in [2.05, 4.69) is 28.8 Å². The lowest BCUT2D eigenvalue weighted by Crippen LogP contribution is -2.28. The number of hydrogen-bond donors (Lipinski definition) is 2. The van der Waals surface area contributed by atoms with E-state index in [1.165, 1.54) is 30.2 Å². The highest BCUT2D eigenvalue weighted by Gasteiger charge is 2.16. The second kappa shape index (κ2) is 8.88. The Morgan fingerprint density at radius 1 is 1.07 bits per heavy atom. The summed E-state index contributed by atoms with van der Waals surface area (Å²) in [6.07, 6.45) is 6.04. The molecule has 1 atom stereocenters. The van der Waals surface area contributed by atoms with E-state index in [0.717, 1.165) is 18.4 Å². The first kappa shape index (κ1) is 19.2. The van der Waals surface area contributed by atoms with Gasteiger partial charge in [0, 0.05) is 11.9 Å². The van der Waals surface area contributed by atoms with Gasteiger partial charge in [-0.25, -0.2) is 0 Å². The minimum Gasteiger partial charge on any atom is -0.360 e. The lowest BCUT2D eigenvalue weighted by Gasteiger charge is -2.20. The van der Waals surface area contributed by atoms with Gasteiger partial charge in [-0.05, 0) is 73.6 Å². The van der Waals surface area contributed by atoms with Gasteiger partial charge in [-0.3, -0.25) is 4.79 Å². The Morgan fingerprint density at radius 2 is 1.79 bits per heavy atom. The standard InChI is InChI=1S/C23H22N4O/c1-16(19-9-8-18-4-2-3-5-20(18)12-19)27-23(28)21(14-25)15-26-22-10-6-17(13-24)7-11-22/h6-12,15-16,26H,2-5H2,1H3,(H,27,28)/b21-15-. The predicted molar refractivity (Wildman–Crippen MR) is 108 cm³/mol. The molecule has 1 unspecified atom stereocenters. The third-order valence-electron chi connectivity index (χ3n) is 4.98. The monoisotopic (exact) mass is 370 g/mol. The predicted octanol–water partition coefficient (Wildman–Crippen LogP) is 4.13. The van der Waals surface area contributed by atoms with Gasteiger partial charge in [0.15, 0.2) is 0 Å². The summed E-state index contributed by atoms with van der Waals surface area (Å²) in [5.74, 6) is -0.422. The molecule has 0 bridgehead atoms. The Hall–Kier alpha value is -3.57. The molecule has 2 aromatic rings. The SMILES string of the molecule is CC(NC(=O)/C(C#N)=C\Nc1ccc(C#N)cc1)c1ccc2c(c1)CCCC2. The van der Waals surface area contributed by atoms with Gasteiger partial charge in [-0.1, -0.05) is 18.2 Å². The zero-order valence-corrected chi connectivity index (χ0v) is 15.8. The summed E-state index contributed by atoms with van der Waals surface area (Å²) in [6.45, 7) is 1.92. The molecule has 2 aromatic carbocycles. The van der Waals surface area contributed by atoms with Crippen molar-refractivity contribution in [2.75, 3.05) is 5.32 Å². The van der Waals surface area contributed by atoms with Crippen LogP contribution in [0.4, 0.5) is 5.69 Å². The van der Waals surface area contributed by atoms with Crippen molar-refractivity contribution in [1.29, 1.82) is 10.5 Å². The number of carbonyl (C=O) groups is 1. The van der Waals surface area contributed by atoms with Crippen molar-refractivity contribution in [3.63, 3.8) is 0 Å². The number of carbonyl (C=O) groups excluding carboxylic acids is 1. The van der Waals surface area contributed by atoms with Crippen LogP contribution in [0.5, 0.6) is 0 Å². The molecule has 1 amide bonds. The van der Waals surface area contributed by atoms with E-state index in [-0.39, 0.29) is 11.6 Å². The van der Waals surface area contributed by atoms with E-state index < -0.39 is 5.91 Å². The van der Waals surface area contributed by atoms with Gasteiger partial charge in [0.25, 0.3) is 5.91 Å². The minimum atomic E-state index is -0.422. The maximum absolute atomic E-state index is 12.5. The van der Waals surface area contributed by atoms with E-state index in [4.69, 9.17) is 5.26 Å². The van der Waals surface area contributed by atoms with Crippen LogP contribution in [0.15, 0.2) is 54.2 Å². The van der Waals surface area contributed by atoms with E-state index in [1.807, 2.05) is 19.1 Å². The fourth-order valence-corrected chi connectivity index (χ4v) is 3.33. The molecule has 140 valence electrons. The Labute approximate surface area is 165 Å². The Morgan fingerprint density at radius 3 is 2.46 bits per heavy atom. The first-order valence-electron chi connectivity index (χ1n) is 9.40. The third kappa shape index (κ3) is 4.58. The van der Waals surface area contributed by atoms with Crippen molar-refractivity contribution in [1.82, 2.24) is 5.32 Å². The van der Waals surface area contributed by atoms with Crippen molar-refractivity contribution < 1.29 is 4.79 Å². The second-order valence-corrected chi connectivity index (χ2v) is 6.93. The topological polar surface area (TPSA) is 88.7 Å². The molecule has 2 N–H and O–H groups in total. The summed E-state index contributed by atoms with van der Waals surface area (Å²) < 4.78 is 0. The van der Waals surface area contributed by atoms with E-state index in [0.29, 0.717) is 11.3 Å². The first-order chi connectivity index (χ1) is 13.6. The number of fused-ring (bicyclic) bond motifs is 1. The molecular weight excluding hydrogens is 348 g/mol. The minimum absolute atomic E-state index is 0.00540. The van der Waals surface area contributed by atoms with Gasteiger partial charge in [0.1, 0.15) is 11.6 Å². The van der Waals surface area contributed by atoms with Gasteiger partial charge in [0.2, 0.25) is 0 Å². The Bertz CT molecular complexity index is 977. The summed E-state index contributed by atoms with van der Waals surface area (Å²) in [5, 5.41) is 24.0. The molecule has 0 fully saturated rings. The van der Waals surface area contributed by atoms with E-state index >= 15 is 0 Å². The van der Waals surface area contributed by atoms with Gasteiger partial charge in [-0.15, -0.1) is 0 Å². The normalized spacial score (nSPS) is 14.2. The van der Waals surface area contributed by atoms with Gasteiger partial charge >= 0.3 is 0 Å². The fourth-order valence-electron chi connectivity index (χ4n) is 3.33. The van der Waals surface area contributed by atoms with Crippen molar-refractivity contribution in [2.45, 2.75) is 38.6 Å². The molecule has 0 saturated heterocycles. The molecule has 5 heteroatoms. The Balaban J connectivity index is 1.65. The molecule has 1 aliphatic carbocycles. The first-order valence-corrected chi connectivity index (χ1v) is 9.40. The molecule has 0 saturated carbocycles. The summed E-state index contributed by atoms with van der Waals surface area (Å²) in [4.78, 5) is 12.5. The number of nitrogens with one attached hydrogen (secondary N) is 2. The number of rotatable bonds is 5. The van der Waals surface area contributed by atoms with Gasteiger partial charge < -0.3 is 10.6 Å². The maximum atomic E-state index is 12.5. The van der Waals surface area contributed by atoms with Crippen LogP contribution in [-0.2, 0) is 17.6 Å². The highest BCUT2D eigenvalue weighted by molar-refractivity contribution is 5.97. The number of hydrogen-bond acceptors (Lipinski definition) is 4. The Kier molecular flexibility index (Phi) is 6.09. The largest absolute Gasteiger partial charge is 0.360 e. The number of amides is 1. The zero-order valence-electron chi connectivity index (χ0n) is 15.8.